The van der Waals surface area contributed by atoms with Gasteiger partial charge in [-0.15, -0.1) is 0 Å². The summed E-state index contributed by atoms with van der Waals surface area (Å²) in [5.74, 6) is 0.455. The number of methoxy groups -OCH3 is 1. The van der Waals surface area contributed by atoms with Gasteiger partial charge in [-0.25, -0.2) is 4.79 Å². The van der Waals surface area contributed by atoms with Gasteiger partial charge in [0.25, 0.3) is 0 Å². The van der Waals surface area contributed by atoms with Crippen molar-refractivity contribution >= 4 is 17.8 Å². The van der Waals surface area contributed by atoms with Gasteiger partial charge in [-0.3, -0.25) is 14.9 Å². The summed E-state index contributed by atoms with van der Waals surface area (Å²) in [5.41, 5.74) is -1.30. The standard InChI is InChI=1S/C30H46N2O5/c1-7-11-28(4)15-23(37-27(35)31-26(34)21-17-32-14-10-20(21)16-32)29(5)18(2)8-12-30(19(3)25(28)33)13-9-22(36-6)24(29)30/h7,11,18-24H,8-10,12-17H2,1-6H3,(H,31,34,35)/t18-,19+,20-,21-,22-,23-,24?,28-,29+,30?/m1/s1. The Morgan fingerprint density at radius 3 is 2.46 bits per heavy atom. The number of rotatable bonds is 4. The predicted octanol–water partition coefficient (Wildman–Crippen LogP) is 4.60. The van der Waals surface area contributed by atoms with Gasteiger partial charge in [-0.05, 0) is 69.7 Å². The van der Waals surface area contributed by atoms with Crippen molar-refractivity contribution in [2.45, 2.75) is 85.4 Å². The van der Waals surface area contributed by atoms with E-state index in [4.69, 9.17) is 9.47 Å². The van der Waals surface area contributed by atoms with Crippen molar-refractivity contribution < 1.29 is 23.9 Å². The Balaban J connectivity index is 1.49. The van der Waals surface area contributed by atoms with E-state index >= 15 is 0 Å². The molecule has 206 valence electrons. The van der Waals surface area contributed by atoms with Crippen molar-refractivity contribution in [3.8, 4) is 0 Å². The van der Waals surface area contributed by atoms with Crippen LogP contribution < -0.4 is 5.32 Å². The molecule has 7 nitrogen and oxygen atoms in total. The van der Waals surface area contributed by atoms with Crippen LogP contribution >= 0.6 is 0 Å². The molecule has 2 amide bonds. The molecule has 2 heterocycles. The predicted molar refractivity (Wildman–Crippen MR) is 141 cm³/mol. The van der Waals surface area contributed by atoms with E-state index < -0.39 is 17.6 Å². The molecule has 4 bridgehead atoms. The summed E-state index contributed by atoms with van der Waals surface area (Å²) in [4.78, 5) is 42.9. The normalized spacial score (nSPS) is 49.0. The number of ether oxygens (including phenoxy) is 2. The van der Waals surface area contributed by atoms with Gasteiger partial charge in [0.15, 0.2) is 0 Å². The van der Waals surface area contributed by atoms with E-state index in [0.29, 0.717) is 18.9 Å². The third-order valence-electron chi connectivity index (χ3n) is 11.8. The average Bonchev–Trinajstić information content (AvgIpc) is 3.59. The maximum Gasteiger partial charge on any atom is 0.414 e. The second-order valence-corrected chi connectivity index (χ2v) is 13.3. The van der Waals surface area contributed by atoms with E-state index in [1.54, 1.807) is 7.11 Å². The van der Waals surface area contributed by atoms with E-state index in [1.165, 1.54) is 0 Å². The fraction of sp³-hybridized carbons (Fsp3) is 0.833. The van der Waals surface area contributed by atoms with Crippen molar-refractivity contribution in [3.05, 3.63) is 12.2 Å². The van der Waals surface area contributed by atoms with Gasteiger partial charge in [0.1, 0.15) is 11.9 Å². The van der Waals surface area contributed by atoms with Crippen LogP contribution in [0.3, 0.4) is 0 Å². The van der Waals surface area contributed by atoms with Crippen molar-refractivity contribution in [2.24, 2.45) is 45.8 Å². The highest BCUT2D eigenvalue weighted by Gasteiger charge is 2.68. The molecule has 2 saturated heterocycles. The molecule has 11 atom stereocenters. The third-order valence-corrected chi connectivity index (χ3v) is 11.8. The highest BCUT2D eigenvalue weighted by molar-refractivity contribution is 5.94. The van der Waals surface area contributed by atoms with E-state index in [0.717, 1.165) is 45.2 Å². The molecule has 3 saturated carbocycles. The van der Waals surface area contributed by atoms with E-state index in [1.807, 2.05) is 26.0 Å². The van der Waals surface area contributed by atoms with Crippen LogP contribution in [-0.4, -0.2) is 61.6 Å². The van der Waals surface area contributed by atoms with Gasteiger partial charge < -0.3 is 14.4 Å². The number of hydrogen-bond acceptors (Lipinski definition) is 6. The summed E-state index contributed by atoms with van der Waals surface area (Å²) in [7, 11) is 1.77. The summed E-state index contributed by atoms with van der Waals surface area (Å²) in [6.07, 6.45) is 8.04. The third kappa shape index (κ3) is 4.02. The molecule has 3 aliphatic carbocycles. The summed E-state index contributed by atoms with van der Waals surface area (Å²) in [6, 6.07) is 0. The van der Waals surface area contributed by atoms with Gasteiger partial charge in [0.2, 0.25) is 5.91 Å². The minimum atomic E-state index is -0.748. The number of ketones is 1. The number of nitrogens with zero attached hydrogens (tertiary/aromatic N) is 1. The van der Waals surface area contributed by atoms with Crippen LogP contribution in [-0.2, 0) is 19.1 Å². The van der Waals surface area contributed by atoms with E-state index in [2.05, 4.69) is 31.0 Å². The molecule has 1 N–H and O–H groups in total. The zero-order valence-corrected chi connectivity index (χ0v) is 23.5. The lowest BCUT2D eigenvalue weighted by Crippen LogP contribution is -2.63. The van der Waals surface area contributed by atoms with Gasteiger partial charge in [0, 0.05) is 49.3 Å². The lowest BCUT2D eigenvalue weighted by molar-refractivity contribution is -0.189. The molecular formula is C30H46N2O5. The SMILES string of the molecule is CC=C[C@]1(C)C[C@@H](OC(=O)NC(=O)[C@@H]2CN3CC[C@@H]2C3)[C@@]2(C)C3[C@H](OC)CCC3(CC[C@H]2C)[C@@H](C)C1=O. The van der Waals surface area contributed by atoms with Crippen LogP contribution in [0.1, 0.15) is 73.1 Å². The minimum Gasteiger partial charge on any atom is -0.445 e. The Morgan fingerprint density at radius 1 is 1.11 bits per heavy atom. The van der Waals surface area contributed by atoms with Crippen molar-refractivity contribution in [1.29, 1.82) is 0 Å². The van der Waals surface area contributed by atoms with Crippen LogP contribution in [0.25, 0.3) is 0 Å². The average molecular weight is 515 g/mol. The zero-order valence-electron chi connectivity index (χ0n) is 23.5. The molecule has 2 aliphatic heterocycles. The molecule has 5 aliphatic rings. The smallest absolute Gasteiger partial charge is 0.414 e. The highest BCUT2D eigenvalue weighted by atomic mass is 16.6. The molecular weight excluding hydrogens is 468 g/mol. The molecule has 37 heavy (non-hydrogen) atoms. The van der Waals surface area contributed by atoms with Crippen molar-refractivity contribution in [3.63, 3.8) is 0 Å². The Kier molecular flexibility index (Phi) is 6.88. The van der Waals surface area contributed by atoms with Crippen LogP contribution in [0, 0.1) is 45.8 Å². The molecule has 5 fully saturated rings. The number of hydrogen-bond donors (Lipinski definition) is 1. The van der Waals surface area contributed by atoms with E-state index in [9.17, 15) is 14.4 Å². The molecule has 7 heteroatoms. The van der Waals surface area contributed by atoms with Crippen molar-refractivity contribution in [1.82, 2.24) is 10.2 Å². The summed E-state index contributed by atoms with van der Waals surface area (Å²) >= 11 is 0. The quantitative estimate of drug-likeness (QED) is 0.552. The summed E-state index contributed by atoms with van der Waals surface area (Å²) < 4.78 is 12.4. The van der Waals surface area contributed by atoms with Gasteiger partial charge in [-0.2, -0.15) is 0 Å². The maximum atomic E-state index is 14.2. The summed E-state index contributed by atoms with van der Waals surface area (Å²) in [6.45, 7) is 13.3. The monoisotopic (exact) mass is 514 g/mol. The Labute approximate surface area is 222 Å². The Bertz CT molecular complexity index is 981. The topological polar surface area (TPSA) is 84.9 Å². The second kappa shape index (κ2) is 9.48. The number of Topliss-reactive ketones (excluding diaryl/α,β-unsaturated/α-hetero) is 1. The largest absolute Gasteiger partial charge is 0.445 e. The number of fused-ring (bicyclic) bond motifs is 2. The number of amides is 2. The lowest BCUT2D eigenvalue weighted by Gasteiger charge is -2.61. The molecule has 0 aromatic rings. The molecule has 3 unspecified atom stereocenters. The van der Waals surface area contributed by atoms with Gasteiger partial charge >= 0.3 is 6.09 Å². The van der Waals surface area contributed by atoms with Gasteiger partial charge in [0.05, 0.1) is 12.0 Å². The fourth-order valence-corrected chi connectivity index (χ4v) is 9.56. The maximum absolute atomic E-state index is 14.2. The molecule has 0 radical (unpaired) electrons. The highest BCUT2D eigenvalue weighted by Crippen LogP contribution is 2.68. The Morgan fingerprint density at radius 2 is 1.84 bits per heavy atom. The number of alkyl carbamates (subject to hydrolysis) is 1. The molecule has 5 rings (SSSR count). The first kappa shape index (κ1) is 26.9. The lowest BCUT2D eigenvalue weighted by atomic mass is 9.44. The first-order valence-corrected chi connectivity index (χ1v) is 14.4. The summed E-state index contributed by atoms with van der Waals surface area (Å²) in [5, 5.41) is 2.60. The van der Waals surface area contributed by atoms with Crippen LogP contribution in [0.5, 0.6) is 0 Å². The van der Waals surface area contributed by atoms with Crippen LogP contribution in [0.2, 0.25) is 0 Å². The van der Waals surface area contributed by atoms with Gasteiger partial charge in [-0.1, -0.05) is 32.9 Å². The van der Waals surface area contributed by atoms with Crippen LogP contribution in [0.15, 0.2) is 12.2 Å². The van der Waals surface area contributed by atoms with Crippen LogP contribution in [0.4, 0.5) is 4.79 Å². The molecule has 0 aromatic carbocycles. The number of nitrogens with one attached hydrogen (secondary N) is 1. The number of carbonyl (C=O) groups excluding carboxylic acids is 3. The minimum absolute atomic E-state index is 0.0213. The molecule has 0 aromatic heterocycles. The zero-order chi connectivity index (χ0) is 26.8. The fourth-order valence-electron chi connectivity index (χ4n) is 9.56. The molecule has 0 spiro atoms. The van der Waals surface area contributed by atoms with E-state index in [-0.39, 0.29) is 52.3 Å². The number of imide groups is 1. The number of allylic oxidation sites excluding steroid dienone is 2. The van der Waals surface area contributed by atoms with Crippen molar-refractivity contribution in [2.75, 3.05) is 26.7 Å². The Hall–Kier alpha value is -1.73. The number of piperidine rings is 1. The second-order valence-electron chi connectivity index (χ2n) is 13.3. The first-order chi connectivity index (χ1) is 17.5. The number of carbonyl (C=O) groups is 3. The first-order valence-electron chi connectivity index (χ1n) is 14.4.